The molecule has 1 amide bonds. The van der Waals surface area contributed by atoms with Crippen molar-refractivity contribution in [3.05, 3.63) is 0 Å². The van der Waals surface area contributed by atoms with Gasteiger partial charge in [0.15, 0.2) is 0 Å². The molecule has 1 saturated heterocycles. The number of rotatable bonds is 4. The summed E-state index contributed by atoms with van der Waals surface area (Å²) in [5, 5.41) is 6.21. The van der Waals surface area contributed by atoms with Crippen LogP contribution in [0.15, 0.2) is 0 Å². The molecule has 3 heteroatoms. The van der Waals surface area contributed by atoms with Gasteiger partial charge in [-0.3, -0.25) is 4.79 Å². The molecule has 0 spiro atoms. The molecular weight excluding hydrogens is 164 g/mol. The quantitative estimate of drug-likeness (QED) is 0.685. The highest BCUT2D eigenvalue weighted by molar-refractivity contribution is 5.82. The van der Waals surface area contributed by atoms with Gasteiger partial charge in [-0.15, -0.1) is 0 Å². The van der Waals surface area contributed by atoms with Gasteiger partial charge in [0.25, 0.3) is 0 Å². The second-order valence-electron chi connectivity index (χ2n) is 3.85. The van der Waals surface area contributed by atoms with Crippen LogP contribution in [0.25, 0.3) is 0 Å². The lowest BCUT2D eigenvalue weighted by molar-refractivity contribution is -0.123. The number of carbonyl (C=O) groups excluding carboxylic acids is 1. The van der Waals surface area contributed by atoms with Crippen LogP contribution in [0.4, 0.5) is 0 Å². The van der Waals surface area contributed by atoms with Crippen LogP contribution in [0, 0.1) is 0 Å². The van der Waals surface area contributed by atoms with Gasteiger partial charge in [-0.2, -0.15) is 0 Å². The minimum absolute atomic E-state index is 0.0688. The van der Waals surface area contributed by atoms with Crippen LogP contribution in [0.2, 0.25) is 0 Å². The number of amides is 1. The highest BCUT2D eigenvalue weighted by atomic mass is 16.2. The fourth-order valence-electron chi connectivity index (χ4n) is 1.76. The summed E-state index contributed by atoms with van der Waals surface area (Å²) in [5.41, 5.74) is 0. The molecule has 0 bridgehead atoms. The zero-order valence-corrected chi connectivity index (χ0v) is 8.60. The summed E-state index contributed by atoms with van der Waals surface area (Å²) in [5.74, 6) is 0.179. The van der Waals surface area contributed by atoms with E-state index in [2.05, 4.69) is 24.5 Å². The third-order valence-corrected chi connectivity index (χ3v) is 2.49. The Morgan fingerprint density at radius 2 is 2.46 bits per heavy atom. The van der Waals surface area contributed by atoms with Crippen molar-refractivity contribution in [2.24, 2.45) is 0 Å². The molecule has 1 rings (SSSR count). The predicted octanol–water partition coefficient (Wildman–Crippen LogP) is 1.04. The van der Waals surface area contributed by atoms with E-state index < -0.39 is 0 Å². The Hall–Kier alpha value is -0.570. The monoisotopic (exact) mass is 184 g/mol. The average molecular weight is 184 g/mol. The van der Waals surface area contributed by atoms with E-state index in [0.717, 1.165) is 32.2 Å². The number of carbonyl (C=O) groups is 1. The largest absolute Gasteiger partial charge is 0.352 e. The second-order valence-corrected chi connectivity index (χ2v) is 3.85. The Balaban J connectivity index is 2.23. The highest BCUT2D eigenvalue weighted by Gasteiger charge is 2.22. The maximum absolute atomic E-state index is 11.6. The van der Waals surface area contributed by atoms with Gasteiger partial charge in [0.2, 0.25) is 5.91 Å². The van der Waals surface area contributed by atoms with Crippen molar-refractivity contribution in [3.63, 3.8) is 0 Å². The van der Waals surface area contributed by atoms with Crippen molar-refractivity contribution in [2.45, 2.75) is 51.6 Å². The van der Waals surface area contributed by atoms with Gasteiger partial charge in [-0.1, -0.05) is 13.3 Å². The van der Waals surface area contributed by atoms with Gasteiger partial charge in [-0.05, 0) is 32.7 Å². The first kappa shape index (κ1) is 10.5. The van der Waals surface area contributed by atoms with Gasteiger partial charge in [-0.25, -0.2) is 0 Å². The lowest BCUT2D eigenvalue weighted by Crippen LogP contribution is -2.44. The van der Waals surface area contributed by atoms with Crippen LogP contribution in [0.1, 0.15) is 39.5 Å². The average Bonchev–Trinajstić information content (AvgIpc) is 2.55. The van der Waals surface area contributed by atoms with E-state index in [1.807, 2.05) is 0 Å². The first-order chi connectivity index (χ1) is 6.24. The summed E-state index contributed by atoms with van der Waals surface area (Å²) in [7, 11) is 0. The predicted molar refractivity (Wildman–Crippen MR) is 53.5 cm³/mol. The molecule has 13 heavy (non-hydrogen) atoms. The summed E-state index contributed by atoms with van der Waals surface area (Å²) in [6.07, 6.45) is 4.31. The summed E-state index contributed by atoms with van der Waals surface area (Å²) in [6.45, 7) is 5.19. The molecule has 0 aromatic carbocycles. The summed E-state index contributed by atoms with van der Waals surface area (Å²) < 4.78 is 0. The first-order valence-corrected chi connectivity index (χ1v) is 5.27. The van der Waals surface area contributed by atoms with Crippen LogP contribution in [0.5, 0.6) is 0 Å². The lowest BCUT2D eigenvalue weighted by Gasteiger charge is -2.16. The summed E-state index contributed by atoms with van der Waals surface area (Å²) in [4.78, 5) is 11.6. The Bertz CT molecular complexity index is 164. The van der Waals surface area contributed by atoms with Crippen molar-refractivity contribution in [1.29, 1.82) is 0 Å². The standard InChI is InChI=1S/C10H20N2O/c1-3-5-8(2)12-10(13)9-6-4-7-11-9/h8-9,11H,3-7H2,1-2H3,(H,12,13)/t8?,9-/m0/s1. The molecular formula is C10H20N2O. The van der Waals surface area contributed by atoms with Crippen LogP contribution < -0.4 is 10.6 Å². The third-order valence-electron chi connectivity index (χ3n) is 2.49. The van der Waals surface area contributed by atoms with Crippen LogP contribution in [-0.4, -0.2) is 24.5 Å². The van der Waals surface area contributed by atoms with Gasteiger partial charge >= 0.3 is 0 Å². The molecule has 2 N–H and O–H groups in total. The van der Waals surface area contributed by atoms with E-state index in [-0.39, 0.29) is 11.9 Å². The van der Waals surface area contributed by atoms with Crippen molar-refractivity contribution in [1.82, 2.24) is 10.6 Å². The van der Waals surface area contributed by atoms with E-state index in [4.69, 9.17) is 0 Å². The molecule has 76 valence electrons. The lowest BCUT2D eigenvalue weighted by atomic mass is 10.1. The van der Waals surface area contributed by atoms with Gasteiger partial charge in [0, 0.05) is 6.04 Å². The molecule has 0 aromatic heterocycles. The molecule has 0 aliphatic carbocycles. The van der Waals surface area contributed by atoms with E-state index in [1.54, 1.807) is 0 Å². The van der Waals surface area contributed by atoms with E-state index >= 15 is 0 Å². The zero-order valence-electron chi connectivity index (χ0n) is 8.60. The Labute approximate surface area is 80.3 Å². The van der Waals surface area contributed by atoms with Gasteiger partial charge in [0.1, 0.15) is 0 Å². The minimum atomic E-state index is 0.0688. The molecule has 1 fully saturated rings. The summed E-state index contributed by atoms with van der Waals surface area (Å²) >= 11 is 0. The second kappa shape index (κ2) is 5.22. The molecule has 1 aliphatic rings. The Kier molecular flexibility index (Phi) is 4.22. The number of hydrogen-bond acceptors (Lipinski definition) is 2. The molecule has 1 heterocycles. The molecule has 2 atom stereocenters. The number of nitrogens with one attached hydrogen (secondary N) is 2. The smallest absolute Gasteiger partial charge is 0.237 e. The fourth-order valence-corrected chi connectivity index (χ4v) is 1.76. The molecule has 0 saturated carbocycles. The molecule has 1 unspecified atom stereocenters. The minimum Gasteiger partial charge on any atom is -0.352 e. The fraction of sp³-hybridized carbons (Fsp3) is 0.900. The van der Waals surface area contributed by atoms with Crippen LogP contribution in [0.3, 0.4) is 0 Å². The topological polar surface area (TPSA) is 41.1 Å². The Morgan fingerprint density at radius 1 is 1.69 bits per heavy atom. The van der Waals surface area contributed by atoms with Crippen molar-refractivity contribution in [2.75, 3.05) is 6.54 Å². The van der Waals surface area contributed by atoms with E-state index in [0.29, 0.717) is 6.04 Å². The molecule has 1 aliphatic heterocycles. The number of hydrogen-bond donors (Lipinski definition) is 2. The van der Waals surface area contributed by atoms with Crippen LogP contribution in [-0.2, 0) is 4.79 Å². The maximum atomic E-state index is 11.6. The van der Waals surface area contributed by atoms with Crippen molar-refractivity contribution >= 4 is 5.91 Å². The Morgan fingerprint density at radius 3 is 3.00 bits per heavy atom. The maximum Gasteiger partial charge on any atom is 0.237 e. The molecule has 0 aromatic rings. The SMILES string of the molecule is CCCC(C)NC(=O)[C@@H]1CCCN1. The van der Waals surface area contributed by atoms with Crippen molar-refractivity contribution in [3.8, 4) is 0 Å². The normalized spacial score (nSPS) is 24.3. The first-order valence-electron chi connectivity index (χ1n) is 5.27. The third kappa shape index (κ3) is 3.35. The van der Waals surface area contributed by atoms with Crippen molar-refractivity contribution < 1.29 is 4.79 Å². The van der Waals surface area contributed by atoms with E-state index in [1.165, 1.54) is 0 Å². The van der Waals surface area contributed by atoms with Gasteiger partial charge in [0.05, 0.1) is 6.04 Å². The van der Waals surface area contributed by atoms with E-state index in [9.17, 15) is 4.79 Å². The molecule has 3 nitrogen and oxygen atoms in total. The van der Waals surface area contributed by atoms with Crippen LogP contribution >= 0.6 is 0 Å². The zero-order chi connectivity index (χ0) is 9.68. The highest BCUT2D eigenvalue weighted by Crippen LogP contribution is 2.05. The summed E-state index contributed by atoms with van der Waals surface area (Å²) in [6, 6.07) is 0.388. The molecule has 0 radical (unpaired) electrons. The van der Waals surface area contributed by atoms with Gasteiger partial charge < -0.3 is 10.6 Å².